The van der Waals surface area contributed by atoms with Crippen LogP contribution in [0.5, 0.6) is 0 Å². The van der Waals surface area contributed by atoms with Crippen molar-refractivity contribution in [1.82, 2.24) is 5.39 Å². The van der Waals surface area contributed by atoms with Gasteiger partial charge in [0.15, 0.2) is 0 Å². The Morgan fingerprint density at radius 1 is 0.889 bits per heavy atom. The summed E-state index contributed by atoms with van der Waals surface area (Å²) in [4.78, 5) is 14.1. The van der Waals surface area contributed by atoms with Crippen LogP contribution in [0.2, 0.25) is 0 Å². The van der Waals surface area contributed by atoms with Crippen LogP contribution < -0.4 is 5.14 Å². The van der Waals surface area contributed by atoms with Gasteiger partial charge in [-0.15, -0.1) is 0 Å². The van der Waals surface area contributed by atoms with Crippen molar-refractivity contribution in [2.75, 3.05) is 39.6 Å². The normalized spacial score (nSPS) is 11.2. The summed E-state index contributed by atoms with van der Waals surface area (Å²) in [5, 5.41) is 29.8. The fraction of sp³-hybridized carbons (Fsp3) is 1.00. The Morgan fingerprint density at radius 3 is 1.28 bits per heavy atom. The lowest BCUT2D eigenvalue weighted by Gasteiger charge is -2.17. The van der Waals surface area contributed by atoms with Crippen molar-refractivity contribution < 1.29 is 42.8 Å². The van der Waals surface area contributed by atoms with Gasteiger partial charge < -0.3 is 15.3 Å². The Kier molecular flexibility index (Phi) is 14.4. The largest absolute Gasteiger partial charge is 0.394 e. The summed E-state index contributed by atoms with van der Waals surface area (Å²) in [6, 6.07) is 0. The second kappa shape index (κ2) is 13.0. The van der Waals surface area contributed by atoms with E-state index < -0.39 is 10.3 Å². The van der Waals surface area contributed by atoms with Crippen LogP contribution in [0.15, 0.2) is 0 Å². The first-order valence-electron chi connectivity index (χ1n) is 4.61. The van der Waals surface area contributed by atoms with Gasteiger partial charge in [0.05, 0.1) is 45.0 Å². The Hall–Kier alpha value is -0.410. The summed E-state index contributed by atoms with van der Waals surface area (Å²) in [6.45, 7) is -0.505. The molecule has 0 aliphatic rings. The fourth-order valence-electron chi connectivity index (χ4n) is 0.458. The molecule has 0 spiro atoms. The molecule has 112 valence electrons. The summed E-state index contributed by atoms with van der Waals surface area (Å²) >= 11 is 0. The zero-order valence-electron chi connectivity index (χ0n) is 9.51. The van der Waals surface area contributed by atoms with Crippen LogP contribution >= 0.6 is 0 Å². The van der Waals surface area contributed by atoms with Crippen molar-refractivity contribution in [3.05, 3.63) is 0 Å². The van der Waals surface area contributed by atoms with Gasteiger partial charge in [0.2, 0.25) is 0 Å². The van der Waals surface area contributed by atoms with Gasteiger partial charge in [-0.25, -0.2) is 19.7 Å². The summed E-state index contributed by atoms with van der Waals surface area (Å²) in [7, 11) is -4.17. The molecule has 0 aliphatic carbocycles. The smallest absolute Gasteiger partial charge is 0.330 e. The van der Waals surface area contributed by atoms with E-state index in [-0.39, 0.29) is 39.6 Å². The Morgan fingerprint density at radius 2 is 1.11 bits per heavy atom. The van der Waals surface area contributed by atoms with Gasteiger partial charge in [0.25, 0.3) is 0 Å². The molecule has 0 aromatic rings. The molecule has 0 aliphatic heterocycles. The molecule has 0 saturated heterocycles. The lowest BCUT2D eigenvalue weighted by Crippen LogP contribution is -2.28. The first-order chi connectivity index (χ1) is 8.35. The predicted octanol–water partition coefficient (Wildman–Crippen LogP) is -3.19. The number of aliphatic hydroxyl groups is 3. The first kappa shape index (κ1) is 19.9. The van der Waals surface area contributed by atoms with Crippen molar-refractivity contribution in [2.24, 2.45) is 5.14 Å². The van der Waals surface area contributed by atoms with E-state index in [2.05, 4.69) is 5.14 Å². The molecule has 0 atom stereocenters. The van der Waals surface area contributed by atoms with Crippen molar-refractivity contribution in [2.45, 2.75) is 0 Å². The van der Waals surface area contributed by atoms with E-state index in [1.807, 2.05) is 0 Å². The van der Waals surface area contributed by atoms with Gasteiger partial charge in [-0.3, -0.25) is 4.55 Å². The molecule has 11 nitrogen and oxygen atoms in total. The van der Waals surface area contributed by atoms with Crippen molar-refractivity contribution >= 4 is 10.3 Å². The topological polar surface area (TPSA) is 172 Å². The molecular formula is C6H18N2O9S. The molecule has 0 amide bonds. The maximum atomic E-state index is 8.97. The SMILES string of the molecule is NS(=O)(=O)O.OCCON(OCCO)OCCO. The van der Waals surface area contributed by atoms with E-state index in [1.165, 1.54) is 0 Å². The molecule has 0 fully saturated rings. The van der Waals surface area contributed by atoms with Gasteiger partial charge in [-0.05, 0) is 0 Å². The van der Waals surface area contributed by atoms with Gasteiger partial charge in [0.1, 0.15) is 0 Å². The number of hydrogen-bond acceptors (Lipinski definition) is 9. The second-order valence-electron chi connectivity index (χ2n) is 2.41. The lowest BCUT2D eigenvalue weighted by atomic mass is 10.8. The fourth-order valence-corrected chi connectivity index (χ4v) is 0.458. The molecule has 0 saturated carbocycles. The summed E-state index contributed by atoms with van der Waals surface area (Å²) in [6.07, 6.45) is 0. The number of hydrogen-bond donors (Lipinski definition) is 5. The van der Waals surface area contributed by atoms with E-state index in [1.54, 1.807) is 0 Å². The average Bonchev–Trinajstić information content (AvgIpc) is 2.26. The van der Waals surface area contributed by atoms with Crippen LogP contribution in [-0.4, -0.2) is 73.3 Å². The molecule has 0 radical (unpaired) electrons. The third-order valence-electron chi connectivity index (χ3n) is 0.864. The van der Waals surface area contributed by atoms with Crippen molar-refractivity contribution in [3.8, 4) is 0 Å². The van der Waals surface area contributed by atoms with E-state index in [9.17, 15) is 0 Å². The van der Waals surface area contributed by atoms with Gasteiger partial charge in [0, 0.05) is 0 Å². The first-order valence-corrected chi connectivity index (χ1v) is 6.12. The number of nitrogens with two attached hydrogens (primary N) is 1. The zero-order chi connectivity index (χ0) is 14.4. The van der Waals surface area contributed by atoms with Gasteiger partial charge >= 0.3 is 10.3 Å². The molecule has 18 heavy (non-hydrogen) atoms. The van der Waals surface area contributed by atoms with E-state index >= 15 is 0 Å². The highest BCUT2D eigenvalue weighted by Gasteiger charge is 2.05. The summed E-state index contributed by atoms with van der Waals surface area (Å²) < 4.78 is 25.2. The molecule has 6 N–H and O–H groups in total. The highest BCUT2D eigenvalue weighted by atomic mass is 32.2. The molecule has 0 rings (SSSR count). The Bertz CT molecular complexity index is 233. The van der Waals surface area contributed by atoms with Crippen LogP contribution in [0.25, 0.3) is 0 Å². The molecule has 0 unspecified atom stereocenters. The standard InChI is InChI=1S/C6H15NO6.H3NO3S/c8-1-4-11-7(12-5-2-9)13-6-3-10;1-5(2,3)4/h8-10H,1-6H2;(H3,1,2,3,4). The third kappa shape index (κ3) is 24.7. The minimum Gasteiger partial charge on any atom is -0.394 e. The van der Waals surface area contributed by atoms with E-state index in [0.29, 0.717) is 5.39 Å². The molecule has 0 bridgehead atoms. The van der Waals surface area contributed by atoms with E-state index in [4.69, 9.17) is 42.8 Å². The Balaban J connectivity index is 0. The molecular weight excluding hydrogens is 276 g/mol. The summed E-state index contributed by atoms with van der Waals surface area (Å²) in [5.41, 5.74) is 0. The molecule has 0 aromatic carbocycles. The van der Waals surface area contributed by atoms with Crippen LogP contribution in [0.1, 0.15) is 0 Å². The predicted molar refractivity (Wildman–Crippen MR) is 56.7 cm³/mol. The highest BCUT2D eigenvalue weighted by molar-refractivity contribution is 7.83. The quantitative estimate of drug-likeness (QED) is 0.215. The second-order valence-corrected chi connectivity index (χ2v) is 3.44. The molecule has 0 heterocycles. The van der Waals surface area contributed by atoms with Gasteiger partial charge in [-0.1, -0.05) is 0 Å². The minimum atomic E-state index is -4.17. The zero-order valence-corrected chi connectivity index (χ0v) is 10.3. The van der Waals surface area contributed by atoms with Crippen molar-refractivity contribution in [3.63, 3.8) is 0 Å². The number of rotatable bonds is 9. The van der Waals surface area contributed by atoms with Crippen LogP contribution in [-0.2, 0) is 24.8 Å². The third-order valence-corrected chi connectivity index (χ3v) is 0.864. The summed E-state index contributed by atoms with van der Waals surface area (Å²) in [5.74, 6) is 0. The lowest BCUT2D eigenvalue weighted by molar-refractivity contribution is -0.527. The molecule has 12 heteroatoms. The van der Waals surface area contributed by atoms with E-state index in [0.717, 1.165) is 0 Å². The van der Waals surface area contributed by atoms with Crippen molar-refractivity contribution in [1.29, 1.82) is 0 Å². The highest BCUT2D eigenvalue weighted by Crippen LogP contribution is 1.93. The maximum absolute atomic E-state index is 8.97. The van der Waals surface area contributed by atoms with Gasteiger partial charge in [-0.2, -0.15) is 8.42 Å². The maximum Gasteiger partial charge on any atom is 0.330 e. The monoisotopic (exact) mass is 294 g/mol. The van der Waals surface area contributed by atoms with Crippen LogP contribution in [0.3, 0.4) is 0 Å². The van der Waals surface area contributed by atoms with Crippen LogP contribution in [0.4, 0.5) is 0 Å². The minimum absolute atomic E-state index is 0.0108. The number of nitrogens with zero attached hydrogens (tertiary/aromatic N) is 1. The Labute approximate surface area is 104 Å². The number of aliphatic hydroxyl groups excluding tert-OH is 3. The molecule has 0 aromatic heterocycles. The average molecular weight is 294 g/mol. The van der Waals surface area contributed by atoms with Crippen LogP contribution in [0, 0.1) is 0 Å².